The molecular weight excluding hydrogens is 307 g/mol. The van der Waals surface area contributed by atoms with Crippen LogP contribution in [0.3, 0.4) is 0 Å². The summed E-state index contributed by atoms with van der Waals surface area (Å²) in [5.74, 6) is 1.25. The van der Waals surface area contributed by atoms with Crippen LogP contribution in [0, 0.1) is 23.6 Å². The molecular formula is C19H19FN2O2. The van der Waals surface area contributed by atoms with E-state index in [2.05, 4.69) is 17.5 Å². The lowest BCUT2D eigenvalue weighted by molar-refractivity contribution is -0.123. The molecule has 2 fully saturated rings. The maximum Gasteiger partial charge on any atom is 0.329 e. The van der Waals surface area contributed by atoms with Crippen molar-refractivity contribution in [2.75, 3.05) is 6.54 Å². The van der Waals surface area contributed by atoms with E-state index in [4.69, 9.17) is 0 Å². The smallest absolute Gasteiger partial charge is 0.303 e. The number of benzene rings is 1. The summed E-state index contributed by atoms with van der Waals surface area (Å²) in [5.41, 5.74) is 0.930. The van der Waals surface area contributed by atoms with E-state index >= 15 is 0 Å². The average molecular weight is 326 g/mol. The number of fused-ring (bicyclic) bond motifs is 2. The molecule has 1 heterocycles. The van der Waals surface area contributed by atoms with Crippen LogP contribution in [-0.2, 0) is 4.79 Å². The van der Waals surface area contributed by atoms with Crippen LogP contribution in [0.2, 0.25) is 0 Å². The predicted molar refractivity (Wildman–Crippen MR) is 88.1 cm³/mol. The second kappa shape index (κ2) is 5.89. The van der Waals surface area contributed by atoms with Crippen molar-refractivity contribution < 1.29 is 14.0 Å². The van der Waals surface area contributed by atoms with Crippen molar-refractivity contribution in [1.82, 2.24) is 10.2 Å². The lowest BCUT2D eigenvalue weighted by atomic mass is 9.90. The van der Waals surface area contributed by atoms with Gasteiger partial charge in [0.25, 0.3) is 5.91 Å². The second-order valence-corrected chi connectivity index (χ2v) is 6.83. The van der Waals surface area contributed by atoms with Crippen LogP contribution >= 0.6 is 0 Å². The molecule has 24 heavy (non-hydrogen) atoms. The van der Waals surface area contributed by atoms with Crippen LogP contribution in [0.4, 0.5) is 9.18 Å². The number of nitrogens with one attached hydrogen (secondary N) is 1. The van der Waals surface area contributed by atoms with Gasteiger partial charge in [0.15, 0.2) is 0 Å². The van der Waals surface area contributed by atoms with E-state index in [1.165, 1.54) is 29.9 Å². The SMILES string of the molecule is O=C1N/C(=C\c2ccc(F)cc2)C(=O)N1CC[C@H]1C[C@H]2C=C[C@@H]1C2. The molecule has 1 aliphatic heterocycles. The third-order valence-electron chi connectivity index (χ3n) is 5.28. The van der Waals surface area contributed by atoms with E-state index in [0.29, 0.717) is 29.9 Å². The van der Waals surface area contributed by atoms with Crippen molar-refractivity contribution in [3.05, 3.63) is 53.5 Å². The van der Waals surface area contributed by atoms with Gasteiger partial charge in [-0.2, -0.15) is 0 Å². The Hall–Kier alpha value is -2.43. The van der Waals surface area contributed by atoms with Gasteiger partial charge in [-0.1, -0.05) is 24.3 Å². The summed E-state index contributed by atoms with van der Waals surface area (Å²) in [4.78, 5) is 25.8. The number of halogens is 1. The maximum atomic E-state index is 12.9. The fourth-order valence-corrected chi connectivity index (χ4v) is 4.02. The van der Waals surface area contributed by atoms with E-state index < -0.39 is 0 Å². The Morgan fingerprint density at radius 1 is 1.17 bits per heavy atom. The molecule has 2 aliphatic carbocycles. The van der Waals surface area contributed by atoms with E-state index in [9.17, 15) is 14.0 Å². The maximum absolute atomic E-state index is 12.9. The monoisotopic (exact) mass is 326 g/mol. The third kappa shape index (κ3) is 2.75. The number of carbonyl (C=O) groups excluding carboxylic acids is 2. The molecule has 124 valence electrons. The Morgan fingerprint density at radius 3 is 2.62 bits per heavy atom. The molecule has 3 aliphatic rings. The van der Waals surface area contributed by atoms with Gasteiger partial charge >= 0.3 is 6.03 Å². The Balaban J connectivity index is 1.41. The number of imide groups is 1. The number of hydrogen-bond acceptors (Lipinski definition) is 2. The Bertz CT molecular complexity index is 738. The minimum atomic E-state index is -0.368. The van der Waals surface area contributed by atoms with Gasteiger partial charge in [-0.3, -0.25) is 9.69 Å². The predicted octanol–water partition coefficient (Wildman–Crippen LogP) is 3.32. The highest BCUT2D eigenvalue weighted by atomic mass is 19.1. The molecule has 5 heteroatoms. The Labute approximate surface area is 140 Å². The molecule has 0 radical (unpaired) electrons. The van der Waals surface area contributed by atoms with Gasteiger partial charge in [-0.15, -0.1) is 0 Å². The fraction of sp³-hybridized carbons (Fsp3) is 0.368. The standard InChI is InChI=1S/C19H19FN2O2/c20-16-5-2-12(3-6-16)11-17-18(23)22(19(24)21-17)8-7-15-10-13-1-4-14(15)9-13/h1-6,11,13-15H,7-10H2,(H,21,24)/b17-11-/t13-,14+,15-/m0/s1. The van der Waals surface area contributed by atoms with Gasteiger partial charge in [0.1, 0.15) is 11.5 Å². The summed E-state index contributed by atoms with van der Waals surface area (Å²) >= 11 is 0. The molecule has 1 saturated carbocycles. The largest absolute Gasteiger partial charge is 0.329 e. The Morgan fingerprint density at radius 2 is 1.96 bits per heavy atom. The van der Waals surface area contributed by atoms with Gasteiger partial charge in [0.2, 0.25) is 0 Å². The number of nitrogens with zero attached hydrogens (tertiary/aromatic N) is 1. The van der Waals surface area contributed by atoms with E-state index in [0.717, 1.165) is 6.42 Å². The highest BCUT2D eigenvalue weighted by Crippen LogP contribution is 2.44. The second-order valence-electron chi connectivity index (χ2n) is 6.83. The molecule has 1 aromatic carbocycles. The van der Waals surface area contributed by atoms with Crippen LogP contribution in [0.15, 0.2) is 42.1 Å². The number of carbonyl (C=O) groups is 2. The molecule has 3 amide bonds. The van der Waals surface area contributed by atoms with Crippen molar-refractivity contribution >= 4 is 18.0 Å². The number of urea groups is 1. The summed E-state index contributed by atoms with van der Waals surface area (Å²) in [6.07, 6.45) is 9.40. The molecule has 1 saturated heterocycles. The van der Waals surface area contributed by atoms with Crippen LogP contribution < -0.4 is 5.32 Å². The molecule has 4 rings (SSSR count). The van der Waals surface area contributed by atoms with Crippen molar-refractivity contribution in [3.63, 3.8) is 0 Å². The van der Waals surface area contributed by atoms with Crippen molar-refractivity contribution in [2.45, 2.75) is 19.3 Å². The topological polar surface area (TPSA) is 49.4 Å². The highest BCUT2D eigenvalue weighted by molar-refractivity contribution is 6.13. The van der Waals surface area contributed by atoms with Crippen LogP contribution in [0.1, 0.15) is 24.8 Å². The first-order chi connectivity index (χ1) is 11.6. The van der Waals surface area contributed by atoms with Crippen LogP contribution in [0.25, 0.3) is 6.08 Å². The molecule has 0 aromatic heterocycles. The van der Waals surface area contributed by atoms with Gasteiger partial charge < -0.3 is 5.32 Å². The first kappa shape index (κ1) is 15.1. The van der Waals surface area contributed by atoms with Crippen LogP contribution in [0.5, 0.6) is 0 Å². The molecule has 4 nitrogen and oxygen atoms in total. The first-order valence-corrected chi connectivity index (χ1v) is 8.38. The van der Waals surface area contributed by atoms with Gasteiger partial charge in [0, 0.05) is 6.54 Å². The minimum Gasteiger partial charge on any atom is -0.303 e. The number of allylic oxidation sites excluding steroid dienone is 2. The summed E-state index contributed by atoms with van der Waals surface area (Å²) < 4.78 is 12.9. The van der Waals surface area contributed by atoms with E-state index in [1.54, 1.807) is 18.2 Å². The number of amides is 3. The zero-order valence-electron chi connectivity index (χ0n) is 13.2. The molecule has 0 spiro atoms. The lowest BCUT2D eigenvalue weighted by Gasteiger charge is -2.20. The summed E-state index contributed by atoms with van der Waals surface area (Å²) in [5, 5.41) is 2.62. The van der Waals surface area contributed by atoms with Crippen LogP contribution in [-0.4, -0.2) is 23.4 Å². The normalized spacial score (nSPS) is 29.8. The van der Waals surface area contributed by atoms with Crippen molar-refractivity contribution in [2.24, 2.45) is 17.8 Å². The zero-order valence-corrected chi connectivity index (χ0v) is 13.2. The van der Waals surface area contributed by atoms with Crippen molar-refractivity contribution in [1.29, 1.82) is 0 Å². The molecule has 1 N–H and O–H groups in total. The number of hydrogen-bond donors (Lipinski definition) is 1. The summed E-state index contributed by atoms with van der Waals surface area (Å²) in [6.45, 7) is 0.452. The van der Waals surface area contributed by atoms with Gasteiger partial charge in [0.05, 0.1) is 0 Å². The molecule has 0 unspecified atom stereocenters. The quantitative estimate of drug-likeness (QED) is 0.524. The average Bonchev–Trinajstić information content (AvgIpc) is 3.25. The summed E-state index contributed by atoms with van der Waals surface area (Å²) in [7, 11) is 0. The third-order valence-corrected chi connectivity index (χ3v) is 5.28. The lowest BCUT2D eigenvalue weighted by Crippen LogP contribution is -2.33. The molecule has 3 atom stereocenters. The number of rotatable bonds is 4. The first-order valence-electron chi connectivity index (χ1n) is 8.38. The van der Waals surface area contributed by atoms with E-state index in [-0.39, 0.29) is 23.5 Å². The fourth-order valence-electron chi connectivity index (χ4n) is 4.02. The summed E-state index contributed by atoms with van der Waals surface area (Å²) in [6, 6.07) is 5.44. The minimum absolute atomic E-state index is 0.249. The van der Waals surface area contributed by atoms with Crippen molar-refractivity contribution in [3.8, 4) is 0 Å². The molecule has 1 aromatic rings. The van der Waals surface area contributed by atoms with Gasteiger partial charge in [-0.05, 0) is 60.8 Å². The molecule has 2 bridgehead atoms. The zero-order chi connectivity index (χ0) is 16.7. The Kier molecular flexibility index (Phi) is 3.71. The van der Waals surface area contributed by atoms with E-state index in [1.807, 2.05) is 0 Å². The highest BCUT2D eigenvalue weighted by Gasteiger charge is 2.38. The van der Waals surface area contributed by atoms with Gasteiger partial charge in [-0.25, -0.2) is 9.18 Å².